The van der Waals surface area contributed by atoms with Crippen LogP contribution in [-0.2, 0) is 0 Å². The zero-order chi connectivity index (χ0) is 9.59. The van der Waals surface area contributed by atoms with Crippen molar-refractivity contribution in [3.05, 3.63) is 28.1 Å². The van der Waals surface area contributed by atoms with Gasteiger partial charge < -0.3 is 5.73 Å². The monoisotopic (exact) mass is 239 g/mol. The molecule has 2 heterocycles. The van der Waals surface area contributed by atoms with Crippen molar-refractivity contribution in [2.24, 2.45) is 0 Å². The van der Waals surface area contributed by atoms with E-state index in [1.807, 2.05) is 30.5 Å². The number of hydrogen-bond acceptors (Lipinski definition) is 2. The first-order chi connectivity index (χ1) is 6.09. The molecular weight excluding hydrogens is 230 g/mol. The molecule has 0 bridgehead atoms. The van der Waals surface area contributed by atoms with E-state index in [1.165, 1.54) is 0 Å². The molecule has 2 aromatic rings. The van der Waals surface area contributed by atoms with E-state index in [4.69, 9.17) is 5.73 Å². The third kappa shape index (κ3) is 1.21. The smallest absolute Gasteiger partial charge is 0.140 e. The third-order valence-corrected chi connectivity index (χ3v) is 2.98. The van der Waals surface area contributed by atoms with Crippen molar-refractivity contribution in [2.75, 3.05) is 5.73 Å². The molecule has 0 saturated carbocycles. The van der Waals surface area contributed by atoms with E-state index in [1.54, 1.807) is 0 Å². The fraction of sp³-hybridized carbons (Fsp3) is 0.222. The molecule has 0 aromatic carbocycles. The predicted octanol–water partition coefficient (Wildman–Crippen LogP) is 2.30. The molecule has 0 unspecified atom stereocenters. The maximum absolute atomic E-state index is 5.73. The summed E-state index contributed by atoms with van der Waals surface area (Å²) in [5.74, 6) is 0. The maximum atomic E-state index is 5.73. The van der Waals surface area contributed by atoms with E-state index in [0.717, 1.165) is 27.2 Å². The molecule has 0 aliphatic rings. The van der Waals surface area contributed by atoms with E-state index in [0.29, 0.717) is 0 Å². The third-order valence-electron chi connectivity index (χ3n) is 2.03. The Morgan fingerprint density at radius 3 is 2.85 bits per heavy atom. The predicted molar refractivity (Wildman–Crippen MR) is 56.8 cm³/mol. The fourth-order valence-corrected chi connectivity index (χ4v) is 1.78. The van der Waals surface area contributed by atoms with Crippen LogP contribution in [0.25, 0.3) is 5.65 Å². The first-order valence-electron chi connectivity index (χ1n) is 4.00. The minimum Gasteiger partial charge on any atom is -0.398 e. The first-order valence-corrected chi connectivity index (χ1v) is 4.79. The lowest BCUT2D eigenvalue weighted by Gasteiger charge is -2.00. The molecule has 0 spiro atoms. The standard InChI is InChI=1S/C9H10BrN3/c1-5-3-7(11)4-13-8(10)6(2)12-9(5)13/h3-4H,11H2,1-2H3. The first kappa shape index (κ1) is 8.56. The minimum atomic E-state index is 0.753. The Bertz CT molecular complexity index is 473. The highest BCUT2D eigenvalue weighted by molar-refractivity contribution is 9.10. The second-order valence-electron chi connectivity index (χ2n) is 3.14. The van der Waals surface area contributed by atoms with E-state index in [-0.39, 0.29) is 0 Å². The molecule has 2 rings (SSSR count). The highest BCUT2D eigenvalue weighted by atomic mass is 79.9. The zero-order valence-corrected chi connectivity index (χ0v) is 9.09. The van der Waals surface area contributed by atoms with Crippen molar-refractivity contribution in [3.63, 3.8) is 0 Å². The van der Waals surface area contributed by atoms with Gasteiger partial charge in [-0.15, -0.1) is 0 Å². The summed E-state index contributed by atoms with van der Waals surface area (Å²) >= 11 is 3.46. The molecule has 4 heteroatoms. The molecule has 0 fully saturated rings. The number of fused-ring (bicyclic) bond motifs is 1. The van der Waals surface area contributed by atoms with Gasteiger partial charge in [-0.05, 0) is 41.4 Å². The van der Waals surface area contributed by atoms with Gasteiger partial charge in [-0.1, -0.05) is 0 Å². The van der Waals surface area contributed by atoms with Crippen LogP contribution in [0.15, 0.2) is 16.9 Å². The van der Waals surface area contributed by atoms with Crippen LogP contribution in [0.2, 0.25) is 0 Å². The van der Waals surface area contributed by atoms with Crippen molar-refractivity contribution in [1.29, 1.82) is 0 Å². The minimum absolute atomic E-state index is 0.753. The number of nitrogen functional groups attached to an aromatic ring is 1. The highest BCUT2D eigenvalue weighted by Gasteiger charge is 2.07. The number of nitrogens with zero attached hydrogens (tertiary/aromatic N) is 2. The van der Waals surface area contributed by atoms with Crippen LogP contribution >= 0.6 is 15.9 Å². The second-order valence-corrected chi connectivity index (χ2v) is 3.89. The van der Waals surface area contributed by atoms with Crippen molar-refractivity contribution in [1.82, 2.24) is 9.38 Å². The molecular formula is C9H10BrN3. The summed E-state index contributed by atoms with van der Waals surface area (Å²) < 4.78 is 2.93. The lowest BCUT2D eigenvalue weighted by molar-refractivity contribution is 1.13. The number of rotatable bonds is 0. The summed E-state index contributed by atoms with van der Waals surface area (Å²) in [6, 6.07) is 1.92. The molecule has 0 aliphatic carbocycles. The summed E-state index contributed by atoms with van der Waals surface area (Å²) in [5, 5.41) is 0. The van der Waals surface area contributed by atoms with Crippen LogP contribution in [0.5, 0.6) is 0 Å². The van der Waals surface area contributed by atoms with E-state index in [2.05, 4.69) is 20.9 Å². The van der Waals surface area contributed by atoms with Crippen molar-refractivity contribution >= 4 is 27.3 Å². The number of imidazole rings is 1. The van der Waals surface area contributed by atoms with Gasteiger partial charge in [-0.3, -0.25) is 4.40 Å². The summed E-state index contributed by atoms with van der Waals surface area (Å²) in [7, 11) is 0. The molecule has 13 heavy (non-hydrogen) atoms. The molecule has 0 saturated heterocycles. The Hall–Kier alpha value is -1.03. The number of aryl methyl sites for hydroxylation is 2. The van der Waals surface area contributed by atoms with Gasteiger partial charge in [0.15, 0.2) is 0 Å². The van der Waals surface area contributed by atoms with Crippen LogP contribution in [0.4, 0.5) is 5.69 Å². The maximum Gasteiger partial charge on any atom is 0.140 e. The quantitative estimate of drug-likeness (QED) is 0.767. The summed E-state index contributed by atoms with van der Waals surface area (Å²) in [6.07, 6.45) is 1.87. The van der Waals surface area contributed by atoms with Crippen molar-refractivity contribution in [2.45, 2.75) is 13.8 Å². The van der Waals surface area contributed by atoms with Crippen molar-refractivity contribution < 1.29 is 0 Å². The summed E-state index contributed by atoms with van der Waals surface area (Å²) in [6.45, 7) is 3.97. The van der Waals surface area contributed by atoms with Crippen LogP contribution in [-0.4, -0.2) is 9.38 Å². The van der Waals surface area contributed by atoms with Gasteiger partial charge in [0.2, 0.25) is 0 Å². The van der Waals surface area contributed by atoms with Crippen LogP contribution in [0.1, 0.15) is 11.3 Å². The number of anilines is 1. The number of pyridine rings is 1. The van der Waals surface area contributed by atoms with Gasteiger partial charge in [-0.2, -0.15) is 0 Å². The lowest BCUT2D eigenvalue weighted by Crippen LogP contribution is -1.93. The fourth-order valence-electron chi connectivity index (χ4n) is 1.42. The molecule has 2 N–H and O–H groups in total. The second kappa shape index (κ2) is 2.73. The molecule has 0 atom stereocenters. The normalized spacial score (nSPS) is 11.0. The van der Waals surface area contributed by atoms with E-state index >= 15 is 0 Å². The van der Waals surface area contributed by atoms with Gasteiger partial charge in [0, 0.05) is 11.9 Å². The average Bonchev–Trinajstić information content (AvgIpc) is 2.32. The van der Waals surface area contributed by atoms with Gasteiger partial charge in [-0.25, -0.2) is 4.98 Å². The van der Waals surface area contributed by atoms with E-state index < -0.39 is 0 Å². The molecule has 0 amide bonds. The number of halogens is 1. The number of aromatic nitrogens is 2. The van der Waals surface area contributed by atoms with Gasteiger partial charge in [0.05, 0.1) is 5.69 Å². The highest BCUT2D eigenvalue weighted by Crippen LogP contribution is 2.22. The summed E-state index contributed by atoms with van der Waals surface area (Å²) in [5.41, 5.74) is 9.52. The molecule has 0 aliphatic heterocycles. The Morgan fingerprint density at radius 2 is 2.15 bits per heavy atom. The average molecular weight is 240 g/mol. The Kier molecular flexibility index (Phi) is 1.80. The molecule has 68 valence electrons. The topological polar surface area (TPSA) is 43.3 Å². The Labute approximate surface area is 84.7 Å². The van der Waals surface area contributed by atoms with Crippen LogP contribution in [0.3, 0.4) is 0 Å². The van der Waals surface area contributed by atoms with Crippen LogP contribution in [0, 0.1) is 13.8 Å². The Balaban J connectivity index is 2.94. The van der Waals surface area contributed by atoms with Gasteiger partial charge >= 0.3 is 0 Å². The number of hydrogen-bond donors (Lipinski definition) is 1. The summed E-state index contributed by atoms with van der Waals surface area (Å²) in [4.78, 5) is 4.41. The molecule has 3 nitrogen and oxygen atoms in total. The Morgan fingerprint density at radius 1 is 1.46 bits per heavy atom. The SMILES string of the molecule is Cc1nc2c(C)cc(N)cn2c1Br. The van der Waals surface area contributed by atoms with Crippen LogP contribution < -0.4 is 5.73 Å². The molecule has 2 aromatic heterocycles. The van der Waals surface area contributed by atoms with Gasteiger partial charge in [0.25, 0.3) is 0 Å². The molecule has 0 radical (unpaired) electrons. The number of nitrogens with two attached hydrogens (primary N) is 1. The van der Waals surface area contributed by atoms with Gasteiger partial charge in [0.1, 0.15) is 10.3 Å². The lowest BCUT2D eigenvalue weighted by atomic mass is 10.3. The van der Waals surface area contributed by atoms with Crippen molar-refractivity contribution in [3.8, 4) is 0 Å². The zero-order valence-electron chi connectivity index (χ0n) is 7.50. The largest absolute Gasteiger partial charge is 0.398 e. The van der Waals surface area contributed by atoms with E-state index in [9.17, 15) is 0 Å².